The van der Waals surface area contributed by atoms with Gasteiger partial charge in [0.25, 0.3) is 0 Å². The monoisotopic (exact) mass is 818 g/mol. The van der Waals surface area contributed by atoms with Crippen molar-refractivity contribution >= 4 is 21.9 Å². The van der Waals surface area contributed by atoms with Gasteiger partial charge in [0.05, 0.1) is 11.4 Å². The van der Waals surface area contributed by atoms with Crippen LogP contribution in [0.25, 0.3) is 111 Å². The molecular formula is C61H42N2O. The Hall–Kier alpha value is -8.14. The van der Waals surface area contributed by atoms with Crippen molar-refractivity contribution in [3.63, 3.8) is 0 Å². The molecule has 0 amide bonds. The molecule has 0 unspecified atom stereocenters. The zero-order valence-electron chi connectivity index (χ0n) is 35.6. The van der Waals surface area contributed by atoms with Crippen LogP contribution in [0.1, 0.15) is 25.0 Å². The van der Waals surface area contributed by atoms with Gasteiger partial charge in [-0.25, -0.2) is 9.97 Å². The fourth-order valence-corrected chi connectivity index (χ4v) is 9.89. The number of furan rings is 1. The van der Waals surface area contributed by atoms with Crippen molar-refractivity contribution in [1.82, 2.24) is 9.97 Å². The van der Waals surface area contributed by atoms with E-state index in [0.717, 1.165) is 77.8 Å². The first kappa shape index (κ1) is 37.6. The molecule has 302 valence electrons. The van der Waals surface area contributed by atoms with Gasteiger partial charge in [0.15, 0.2) is 5.82 Å². The molecule has 2 heterocycles. The lowest BCUT2D eigenvalue weighted by Gasteiger charge is -2.22. The molecule has 3 nitrogen and oxygen atoms in total. The van der Waals surface area contributed by atoms with Crippen LogP contribution < -0.4 is 0 Å². The molecule has 12 rings (SSSR count). The van der Waals surface area contributed by atoms with Crippen molar-refractivity contribution in [3.05, 3.63) is 230 Å². The Morgan fingerprint density at radius 1 is 0.312 bits per heavy atom. The van der Waals surface area contributed by atoms with Crippen LogP contribution in [0.15, 0.2) is 223 Å². The maximum absolute atomic E-state index is 6.28. The van der Waals surface area contributed by atoms with Gasteiger partial charge in [-0.2, -0.15) is 0 Å². The minimum Gasteiger partial charge on any atom is -0.456 e. The summed E-state index contributed by atoms with van der Waals surface area (Å²) in [5.74, 6) is 0.677. The molecule has 3 heteroatoms. The third-order valence-corrected chi connectivity index (χ3v) is 13.1. The van der Waals surface area contributed by atoms with Crippen LogP contribution in [0.4, 0.5) is 0 Å². The van der Waals surface area contributed by atoms with E-state index in [4.69, 9.17) is 14.4 Å². The molecule has 0 bridgehead atoms. The Balaban J connectivity index is 1.07. The van der Waals surface area contributed by atoms with Gasteiger partial charge in [0.2, 0.25) is 0 Å². The van der Waals surface area contributed by atoms with Gasteiger partial charge in [-0.05, 0) is 115 Å². The molecule has 11 aromatic rings. The predicted octanol–water partition coefficient (Wildman–Crippen LogP) is 16.4. The number of aromatic nitrogens is 2. The minimum absolute atomic E-state index is 0.115. The summed E-state index contributed by atoms with van der Waals surface area (Å²) in [5.41, 5.74) is 20.8. The van der Waals surface area contributed by atoms with Crippen molar-refractivity contribution in [3.8, 4) is 89.5 Å². The highest BCUT2D eigenvalue weighted by Gasteiger charge is 2.35. The first-order valence-electron chi connectivity index (χ1n) is 22.0. The van der Waals surface area contributed by atoms with E-state index in [1.165, 1.54) is 38.9 Å². The van der Waals surface area contributed by atoms with Crippen LogP contribution in [0.5, 0.6) is 0 Å². The van der Waals surface area contributed by atoms with Gasteiger partial charge in [0, 0.05) is 32.9 Å². The predicted molar refractivity (Wildman–Crippen MR) is 265 cm³/mol. The number of benzene rings is 9. The molecular weight excluding hydrogens is 777 g/mol. The normalized spacial score (nSPS) is 12.7. The minimum atomic E-state index is -0.115. The fraction of sp³-hybridized carbons (Fsp3) is 0.0492. The molecule has 0 radical (unpaired) electrons. The second-order valence-corrected chi connectivity index (χ2v) is 17.3. The summed E-state index contributed by atoms with van der Waals surface area (Å²) in [5, 5.41) is 2.20. The molecule has 64 heavy (non-hydrogen) atoms. The molecule has 0 saturated heterocycles. The lowest BCUT2D eigenvalue weighted by atomic mass is 9.81. The zero-order chi connectivity index (χ0) is 42.8. The van der Waals surface area contributed by atoms with Crippen LogP contribution in [0.3, 0.4) is 0 Å². The number of para-hydroxylation sites is 1. The second-order valence-electron chi connectivity index (χ2n) is 17.3. The number of nitrogens with zero attached hydrogens (tertiary/aromatic N) is 2. The van der Waals surface area contributed by atoms with Gasteiger partial charge in [-0.3, -0.25) is 0 Å². The van der Waals surface area contributed by atoms with Crippen LogP contribution in [-0.2, 0) is 5.41 Å². The lowest BCUT2D eigenvalue weighted by molar-refractivity contribution is 0.660. The number of hydrogen-bond acceptors (Lipinski definition) is 3. The summed E-state index contributed by atoms with van der Waals surface area (Å²) in [4.78, 5) is 10.8. The van der Waals surface area contributed by atoms with Gasteiger partial charge < -0.3 is 4.42 Å². The second kappa shape index (κ2) is 15.0. The quantitative estimate of drug-likeness (QED) is 0.161. The van der Waals surface area contributed by atoms with Crippen LogP contribution in [-0.4, -0.2) is 9.97 Å². The highest BCUT2D eigenvalue weighted by Crippen LogP contribution is 2.50. The summed E-state index contributed by atoms with van der Waals surface area (Å²) >= 11 is 0. The first-order chi connectivity index (χ1) is 31.5. The Morgan fingerprint density at radius 3 is 1.64 bits per heavy atom. The number of fused-ring (bicyclic) bond motifs is 6. The Kier molecular flexibility index (Phi) is 8.84. The smallest absolute Gasteiger partial charge is 0.160 e. The number of hydrogen-bond donors (Lipinski definition) is 0. The average molecular weight is 819 g/mol. The van der Waals surface area contributed by atoms with Gasteiger partial charge in [-0.15, -0.1) is 0 Å². The summed E-state index contributed by atoms with van der Waals surface area (Å²) in [6, 6.07) is 78.0. The standard InChI is InChI=1S/C61H42N2O/c1-61(2)54-27-15-13-24-49(54)50-31-29-42(37-55(50)61)47-22-11-12-25-51(47)57-38-56(62-60(63-57)40-19-7-4-8-20-40)45-34-43(41-30-32-59-53(36-41)52-26-14-16-28-58(52)64-59)33-44(35-45)48-23-10-9-21-46(48)39-17-5-3-6-18-39/h3-38H,1-2H3. The average Bonchev–Trinajstić information content (AvgIpc) is 3.85. The van der Waals surface area contributed by atoms with E-state index in [1.54, 1.807) is 0 Å². The lowest BCUT2D eigenvalue weighted by Crippen LogP contribution is -2.14. The van der Waals surface area contributed by atoms with E-state index in [-0.39, 0.29) is 5.41 Å². The fourth-order valence-electron chi connectivity index (χ4n) is 9.89. The summed E-state index contributed by atoms with van der Waals surface area (Å²) in [6.07, 6.45) is 0. The summed E-state index contributed by atoms with van der Waals surface area (Å²) in [6.45, 7) is 4.68. The highest BCUT2D eigenvalue weighted by molar-refractivity contribution is 6.06. The SMILES string of the molecule is CC1(C)c2ccccc2-c2ccc(-c3ccccc3-c3cc(-c4cc(-c5ccc6oc7ccccc7c6c5)cc(-c5ccccc5-c5ccccc5)c4)nc(-c4ccccc4)n3)cc21. The Bertz CT molecular complexity index is 3580. The molecule has 0 atom stereocenters. The van der Waals surface area contributed by atoms with E-state index in [2.05, 4.69) is 214 Å². The van der Waals surface area contributed by atoms with Crippen LogP contribution in [0, 0.1) is 0 Å². The molecule has 9 aromatic carbocycles. The molecule has 1 aliphatic carbocycles. The third kappa shape index (κ3) is 6.36. The maximum Gasteiger partial charge on any atom is 0.160 e. The molecule has 2 aromatic heterocycles. The molecule has 0 spiro atoms. The van der Waals surface area contributed by atoms with Crippen LogP contribution in [0.2, 0.25) is 0 Å². The van der Waals surface area contributed by atoms with Crippen molar-refractivity contribution in [2.75, 3.05) is 0 Å². The molecule has 0 N–H and O–H groups in total. The topological polar surface area (TPSA) is 38.9 Å². The molecule has 0 aliphatic heterocycles. The van der Waals surface area contributed by atoms with E-state index < -0.39 is 0 Å². The van der Waals surface area contributed by atoms with Crippen molar-refractivity contribution in [2.45, 2.75) is 19.3 Å². The van der Waals surface area contributed by atoms with Gasteiger partial charge in [-0.1, -0.05) is 184 Å². The number of rotatable bonds is 7. The zero-order valence-corrected chi connectivity index (χ0v) is 35.6. The Morgan fingerprint density at radius 2 is 0.859 bits per heavy atom. The largest absolute Gasteiger partial charge is 0.456 e. The van der Waals surface area contributed by atoms with E-state index in [9.17, 15) is 0 Å². The molecule has 1 aliphatic rings. The van der Waals surface area contributed by atoms with E-state index in [1.807, 2.05) is 18.2 Å². The van der Waals surface area contributed by atoms with Gasteiger partial charge >= 0.3 is 0 Å². The van der Waals surface area contributed by atoms with E-state index in [0.29, 0.717) is 5.82 Å². The van der Waals surface area contributed by atoms with Gasteiger partial charge in [0.1, 0.15) is 11.2 Å². The van der Waals surface area contributed by atoms with Crippen molar-refractivity contribution in [1.29, 1.82) is 0 Å². The maximum atomic E-state index is 6.28. The van der Waals surface area contributed by atoms with Crippen molar-refractivity contribution < 1.29 is 4.42 Å². The summed E-state index contributed by atoms with van der Waals surface area (Å²) < 4.78 is 6.28. The van der Waals surface area contributed by atoms with E-state index >= 15 is 0 Å². The third-order valence-electron chi connectivity index (χ3n) is 13.1. The molecule has 0 fully saturated rings. The van der Waals surface area contributed by atoms with Crippen LogP contribution >= 0.6 is 0 Å². The van der Waals surface area contributed by atoms with Crippen molar-refractivity contribution in [2.24, 2.45) is 0 Å². The summed E-state index contributed by atoms with van der Waals surface area (Å²) in [7, 11) is 0. The Labute approximate surface area is 373 Å². The first-order valence-corrected chi connectivity index (χ1v) is 22.0. The molecule has 0 saturated carbocycles. The highest BCUT2D eigenvalue weighted by atomic mass is 16.3.